The third-order valence-electron chi connectivity index (χ3n) is 3.55. The number of rotatable bonds is 5. The third kappa shape index (κ3) is 3.30. The second kappa shape index (κ2) is 4.78. The minimum Gasteiger partial charge on any atom is -0.462 e. The molecule has 0 saturated carbocycles. The van der Waals surface area contributed by atoms with Crippen LogP contribution in [0.15, 0.2) is 12.2 Å². The number of hydrogen-bond donors (Lipinski definition) is 0. The molecule has 2 aliphatic heterocycles. The molecule has 4 nitrogen and oxygen atoms in total. The van der Waals surface area contributed by atoms with Crippen LogP contribution in [0.4, 0.5) is 0 Å². The van der Waals surface area contributed by atoms with Crippen molar-refractivity contribution >= 4 is 5.97 Å². The van der Waals surface area contributed by atoms with Crippen molar-refractivity contribution in [1.82, 2.24) is 0 Å². The summed E-state index contributed by atoms with van der Waals surface area (Å²) in [6, 6.07) is 0. The van der Waals surface area contributed by atoms with E-state index >= 15 is 0 Å². The third-order valence-corrected chi connectivity index (χ3v) is 3.55. The van der Waals surface area contributed by atoms with Gasteiger partial charge in [-0.1, -0.05) is 12.2 Å². The van der Waals surface area contributed by atoms with Gasteiger partial charge < -0.3 is 14.2 Å². The zero-order valence-electron chi connectivity index (χ0n) is 9.84. The fraction of sp³-hybridized carbons (Fsp3) is 0.769. The number of allylic oxidation sites excluding steroid dienone is 1. The molecule has 17 heavy (non-hydrogen) atoms. The Morgan fingerprint density at radius 1 is 1.18 bits per heavy atom. The monoisotopic (exact) mass is 238 g/mol. The Bertz CT molecular complexity index is 317. The second-order valence-corrected chi connectivity index (χ2v) is 5.11. The quantitative estimate of drug-likeness (QED) is 0.411. The lowest BCUT2D eigenvalue weighted by molar-refractivity contribution is -0.147. The molecule has 2 fully saturated rings. The van der Waals surface area contributed by atoms with Gasteiger partial charge in [0.15, 0.2) is 0 Å². The van der Waals surface area contributed by atoms with E-state index in [0.29, 0.717) is 18.6 Å². The first-order chi connectivity index (χ1) is 8.31. The Morgan fingerprint density at radius 2 is 1.94 bits per heavy atom. The van der Waals surface area contributed by atoms with Gasteiger partial charge in [0.25, 0.3) is 0 Å². The lowest BCUT2D eigenvalue weighted by atomic mass is 9.86. The van der Waals surface area contributed by atoms with Crippen LogP contribution in [-0.2, 0) is 19.0 Å². The van der Waals surface area contributed by atoms with Gasteiger partial charge in [-0.2, -0.15) is 0 Å². The average molecular weight is 238 g/mol. The summed E-state index contributed by atoms with van der Waals surface area (Å²) in [6.45, 7) is 2.07. The van der Waals surface area contributed by atoms with Crippen molar-refractivity contribution in [3.8, 4) is 0 Å². The SMILES string of the molecule is O=C(OCC1CO1)C1C=CC(CC2CO2)CC1. The van der Waals surface area contributed by atoms with Gasteiger partial charge in [0.05, 0.1) is 25.2 Å². The summed E-state index contributed by atoms with van der Waals surface area (Å²) in [4.78, 5) is 11.7. The van der Waals surface area contributed by atoms with Crippen LogP contribution in [0.25, 0.3) is 0 Å². The predicted molar refractivity (Wildman–Crippen MR) is 60.4 cm³/mol. The Kier molecular flexibility index (Phi) is 3.16. The van der Waals surface area contributed by atoms with E-state index in [2.05, 4.69) is 6.08 Å². The number of ether oxygens (including phenoxy) is 3. The Balaban J connectivity index is 1.42. The maximum absolute atomic E-state index is 11.7. The summed E-state index contributed by atoms with van der Waals surface area (Å²) < 4.78 is 15.4. The zero-order chi connectivity index (χ0) is 11.7. The molecule has 4 heteroatoms. The number of carbonyl (C=O) groups excluding carboxylic acids is 1. The van der Waals surface area contributed by atoms with Gasteiger partial charge >= 0.3 is 5.97 Å². The molecule has 2 saturated heterocycles. The maximum Gasteiger partial charge on any atom is 0.312 e. The first kappa shape index (κ1) is 11.2. The maximum atomic E-state index is 11.7. The summed E-state index contributed by atoms with van der Waals surface area (Å²) in [6.07, 6.45) is 7.87. The first-order valence-corrected chi connectivity index (χ1v) is 6.39. The normalized spacial score (nSPS) is 38.8. The summed E-state index contributed by atoms with van der Waals surface area (Å²) in [5.74, 6) is 0.432. The van der Waals surface area contributed by atoms with E-state index in [9.17, 15) is 4.79 Å². The standard InChI is InChI=1S/C13H18O4/c14-13(17-8-12-7-16-12)10-3-1-9(2-4-10)5-11-6-15-11/h1,3,9-12H,2,4-8H2. The minimum absolute atomic E-state index is 0.0508. The molecule has 4 unspecified atom stereocenters. The molecular weight excluding hydrogens is 220 g/mol. The summed E-state index contributed by atoms with van der Waals surface area (Å²) in [5.41, 5.74) is 0. The number of hydrogen-bond acceptors (Lipinski definition) is 4. The molecule has 0 radical (unpaired) electrons. The number of esters is 1. The highest BCUT2D eigenvalue weighted by atomic mass is 16.6. The number of epoxide rings is 2. The summed E-state index contributed by atoms with van der Waals surface area (Å²) in [5, 5.41) is 0. The topological polar surface area (TPSA) is 51.4 Å². The minimum atomic E-state index is -0.0992. The van der Waals surface area contributed by atoms with Gasteiger partial charge in [-0.3, -0.25) is 4.79 Å². The van der Waals surface area contributed by atoms with Gasteiger partial charge in [0.2, 0.25) is 0 Å². The molecule has 0 bridgehead atoms. The smallest absolute Gasteiger partial charge is 0.312 e. The molecule has 3 rings (SSSR count). The van der Waals surface area contributed by atoms with Gasteiger partial charge in [-0.05, 0) is 25.2 Å². The van der Waals surface area contributed by atoms with E-state index in [0.717, 1.165) is 32.5 Å². The lowest BCUT2D eigenvalue weighted by Gasteiger charge is -2.21. The van der Waals surface area contributed by atoms with Crippen molar-refractivity contribution < 1.29 is 19.0 Å². The summed E-state index contributed by atoms with van der Waals surface area (Å²) in [7, 11) is 0. The molecule has 0 amide bonds. The second-order valence-electron chi connectivity index (χ2n) is 5.11. The molecule has 0 aromatic carbocycles. The molecule has 3 aliphatic rings. The molecule has 0 spiro atoms. The van der Waals surface area contributed by atoms with E-state index in [1.54, 1.807) is 0 Å². The van der Waals surface area contributed by atoms with E-state index in [-0.39, 0.29) is 18.0 Å². The van der Waals surface area contributed by atoms with Crippen molar-refractivity contribution in [2.24, 2.45) is 11.8 Å². The van der Waals surface area contributed by atoms with Crippen molar-refractivity contribution in [2.75, 3.05) is 19.8 Å². The van der Waals surface area contributed by atoms with Crippen LogP contribution in [0.5, 0.6) is 0 Å². The molecule has 0 N–H and O–H groups in total. The van der Waals surface area contributed by atoms with E-state index in [4.69, 9.17) is 14.2 Å². The van der Waals surface area contributed by atoms with E-state index in [1.165, 1.54) is 0 Å². The van der Waals surface area contributed by atoms with Crippen LogP contribution in [0.3, 0.4) is 0 Å². The highest BCUT2D eigenvalue weighted by Gasteiger charge is 2.30. The molecule has 1 aliphatic carbocycles. The largest absolute Gasteiger partial charge is 0.462 e. The Labute approximate surface area is 101 Å². The van der Waals surface area contributed by atoms with Crippen LogP contribution < -0.4 is 0 Å². The van der Waals surface area contributed by atoms with Crippen LogP contribution in [0.1, 0.15) is 19.3 Å². The molecule has 0 aromatic heterocycles. The summed E-state index contributed by atoms with van der Waals surface area (Å²) >= 11 is 0. The average Bonchev–Trinajstić information content (AvgIpc) is 3.22. The van der Waals surface area contributed by atoms with E-state index in [1.807, 2.05) is 6.08 Å². The molecule has 2 heterocycles. The Hall–Kier alpha value is -0.870. The highest BCUT2D eigenvalue weighted by Crippen LogP contribution is 2.30. The van der Waals surface area contributed by atoms with E-state index < -0.39 is 0 Å². The van der Waals surface area contributed by atoms with Gasteiger partial charge in [-0.15, -0.1) is 0 Å². The fourth-order valence-corrected chi connectivity index (χ4v) is 2.26. The van der Waals surface area contributed by atoms with Crippen molar-refractivity contribution in [3.05, 3.63) is 12.2 Å². The van der Waals surface area contributed by atoms with Gasteiger partial charge in [0.1, 0.15) is 12.7 Å². The van der Waals surface area contributed by atoms with Crippen LogP contribution in [0, 0.1) is 11.8 Å². The zero-order valence-corrected chi connectivity index (χ0v) is 9.84. The van der Waals surface area contributed by atoms with Crippen molar-refractivity contribution in [2.45, 2.75) is 31.5 Å². The lowest BCUT2D eigenvalue weighted by Crippen LogP contribution is -2.22. The Morgan fingerprint density at radius 3 is 2.53 bits per heavy atom. The van der Waals surface area contributed by atoms with Gasteiger partial charge in [-0.25, -0.2) is 0 Å². The molecular formula is C13H18O4. The number of carbonyl (C=O) groups is 1. The highest BCUT2D eigenvalue weighted by molar-refractivity contribution is 5.74. The van der Waals surface area contributed by atoms with Gasteiger partial charge in [0, 0.05) is 0 Å². The van der Waals surface area contributed by atoms with Crippen molar-refractivity contribution in [3.63, 3.8) is 0 Å². The van der Waals surface area contributed by atoms with Crippen molar-refractivity contribution in [1.29, 1.82) is 0 Å². The first-order valence-electron chi connectivity index (χ1n) is 6.39. The van der Waals surface area contributed by atoms with Crippen LogP contribution in [0.2, 0.25) is 0 Å². The molecule has 0 aromatic rings. The van der Waals surface area contributed by atoms with Crippen LogP contribution >= 0.6 is 0 Å². The predicted octanol–water partition coefficient (Wildman–Crippen LogP) is 1.30. The van der Waals surface area contributed by atoms with Crippen LogP contribution in [-0.4, -0.2) is 38.0 Å². The molecule has 4 atom stereocenters. The molecule has 94 valence electrons. The fourth-order valence-electron chi connectivity index (χ4n) is 2.26.